The molecular weight excluding hydrogens is 513 g/mol. The number of anilines is 1. The highest BCUT2D eigenvalue weighted by molar-refractivity contribution is 6.33. The number of carbonyl (C=O) groups is 3. The first-order chi connectivity index (χ1) is 17.8. The lowest BCUT2D eigenvalue weighted by Gasteiger charge is -2.33. The molecule has 1 saturated heterocycles. The molecule has 10 heteroatoms. The van der Waals surface area contributed by atoms with Crippen LogP contribution in [0.3, 0.4) is 0 Å². The third-order valence-corrected chi connectivity index (χ3v) is 7.28. The van der Waals surface area contributed by atoms with Crippen LogP contribution in [0, 0.1) is 5.92 Å². The summed E-state index contributed by atoms with van der Waals surface area (Å²) in [7, 11) is 1.57. The molecule has 1 unspecified atom stereocenters. The van der Waals surface area contributed by atoms with E-state index in [2.05, 4.69) is 5.32 Å². The lowest BCUT2D eigenvalue weighted by atomic mass is 9.97. The van der Waals surface area contributed by atoms with Crippen LogP contribution in [-0.4, -0.2) is 65.8 Å². The van der Waals surface area contributed by atoms with Crippen molar-refractivity contribution in [1.29, 1.82) is 0 Å². The molecular formula is C27H29Cl2N5O3. The second-order valence-electron chi connectivity index (χ2n) is 9.13. The van der Waals surface area contributed by atoms with Crippen LogP contribution in [0.1, 0.15) is 30.3 Å². The normalized spacial score (nSPS) is 14.7. The van der Waals surface area contributed by atoms with E-state index in [1.807, 2.05) is 18.2 Å². The van der Waals surface area contributed by atoms with Crippen LogP contribution in [0.4, 0.5) is 10.6 Å². The number of amides is 2. The van der Waals surface area contributed by atoms with Gasteiger partial charge in [0.25, 0.3) is 0 Å². The van der Waals surface area contributed by atoms with Gasteiger partial charge in [0, 0.05) is 29.9 Å². The van der Waals surface area contributed by atoms with Crippen molar-refractivity contribution in [3.05, 3.63) is 64.3 Å². The SMILES string of the molecule is CC(C=O)N(C)C(=O)N(CC1CCNCC1)c1nc(-c2ccccc2Cl)n(-c2ccc(Cl)cc2)c1C=O. The summed E-state index contributed by atoms with van der Waals surface area (Å²) in [6, 6.07) is 13.1. The van der Waals surface area contributed by atoms with Gasteiger partial charge in [0.15, 0.2) is 12.1 Å². The smallest absolute Gasteiger partial charge is 0.318 e. The van der Waals surface area contributed by atoms with Gasteiger partial charge in [0.1, 0.15) is 17.8 Å². The van der Waals surface area contributed by atoms with E-state index in [-0.39, 0.29) is 17.4 Å². The molecule has 2 amide bonds. The second kappa shape index (κ2) is 11.9. The molecule has 1 atom stereocenters. The first-order valence-corrected chi connectivity index (χ1v) is 12.9. The van der Waals surface area contributed by atoms with Crippen LogP contribution in [0.25, 0.3) is 17.1 Å². The van der Waals surface area contributed by atoms with Gasteiger partial charge in [0.2, 0.25) is 0 Å². The van der Waals surface area contributed by atoms with Gasteiger partial charge in [-0.05, 0) is 75.2 Å². The number of benzene rings is 2. The van der Waals surface area contributed by atoms with Crippen LogP contribution in [0.5, 0.6) is 0 Å². The van der Waals surface area contributed by atoms with Crippen molar-refractivity contribution in [1.82, 2.24) is 19.8 Å². The van der Waals surface area contributed by atoms with Crippen LogP contribution in [0.15, 0.2) is 48.5 Å². The minimum Gasteiger partial charge on any atom is -0.318 e. The van der Waals surface area contributed by atoms with Gasteiger partial charge in [-0.2, -0.15) is 0 Å². The Hall–Kier alpha value is -3.20. The molecule has 0 bridgehead atoms. The molecule has 8 nitrogen and oxygen atoms in total. The maximum absolute atomic E-state index is 13.8. The zero-order chi connectivity index (χ0) is 26.5. The Morgan fingerprint density at radius 2 is 1.81 bits per heavy atom. The van der Waals surface area contributed by atoms with Crippen molar-refractivity contribution in [3.63, 3.8) is 0 Å². The van der Waals surface area contributed by atoms with E-state index in [1.54, 1.807) is 48.9 Å². The molecule has 2 aromatic carbocycles. The molecule has 3 aromatic rings. The molecule has 4 rings (SSSR count). The summed E-state index contributed by atoms with van der Waals surface area (Å²) in [6.07, 6.45) is 3.16. The highest BCUT2D eigenvalue weighted by atomic mass is 35.5. The molecule has 1 aliphatic heterocycles. The third kappa shape index (κ3) is 5.71. The lowest BCUT2D eigenvalue weighted by molar-refractivity contribution is -0.110. The summed E-state index contributed by atoms with van der Waals surface area (Å²) in [5.41, 5.74) is 1.45. The molecule has 0 spiro atoms. The molecule has 1 N–H and O–H groups in total. The lowest BCUT2D eigenvalue weighted by Crippen LogP contribution is -2.49. The van der Waals surface area contributed by atoms with Gasteiger partial charge in [-0.15, -0.1) is 0 Å². The van der Waals surface area contributed by atoms with Crippen molar-refractivity contribution in [2.75, 3.05) is 31.6 Å². The molecule has 1 fully saturated rings. The van der Waals surface area contributed by atoms with Crippen molar-refractivity contribution in [3.8, 4) is 17.1 Å². The number of piperidine rings is 1. The fraction of sp³-hybridized carbons (Fsp3) is 0.333. The number of imidazole rings is 1. The fourth-order valence-electron chi connectivity index (χ4n) is 4.43. The maximum Gasteiger partial charge on any atom is 0.326 e. The highest BCUT2D eigenvalue weighted by Crippen LogP contribution is 2.35. The van der Waals surface area contributed by atoms with E-state index < -0.39 is 12.1 Å². The van der Waals surface area contributed by atoms with E-state index in [0.717, 1.165) is 25.9 Å². The number of halogens is 2. The Bertz CT molecular complexity index is 1270. The molecule has 37 heavy (non-hydrogen) atoms. The Morgan fingerprint density at radius 3 is 2.43 bits per heavy atom. The van der Waals surface area contributed by atoms with Crippen LogP contribution < -0.4 is 10.2 Å². The minimum atomic E-state index is -0.649. The van der Waals surface area contributed by atoms with Crippen molar-refractivity contribution >= 4 is 47.6 Å². The third-order valence-electron chi connectivity index (χ3n) is 6.70. The summed E-state index contributed by atoms with van der Waals surface area (Å²) in [5.74, 6) is 0.835. The van der Waals surface area contributed by atoms with Gasteiger partial charge >= 0.3 is 6.03 Å². The quantitative estimate of drug-likeness (QED) is 0.400. The molecule has 0 aliphatic carbocycles. The number of rotatable bonds is 8. The predicted molar refractivity (Wildman–Crippen MR) is 146 cm³/mol. The average molecular weight is 542 g/mol. The van der Waals surface area contributed by atoms with E-state index in [1.165, 1.54) is 9.80 Å². The van der Waals surface area contributed by atoms with Gasteiger partial charge in [-0.3, -0.25) is 14.3 Å². The van der Waals surface area contributed by atoms with Crippen molar-refractivity contribution in [2.45, 2.75) is 25.8 Å². The predicted octanol–water partition coefficient (Wildman–Crippen LogP) is 5.10. The first kappa shape index (κ1) is 26.9. The molecule has 2 heterocycles. The summed E-state index contributed by atoms with van der Waals surface area (Å²) in [5, 5.41) is 4.33. The fourth-order valence-corrected chi connectivity index (χ4v) is 4.78. The summed E-state index contributed by atoms with van der Waals surface area (Å²) < 4.78 is 1.69. The summed E-state index contributed by atoms with van der Waals surface area (Å²) >= 11 is 12.7. The summed E-state index contributed by atoms with van der Waals surface area (Å²) in [6.45, 7) is 3.70. The van der Waals surface area contributed by atoms with E-state index in [0.29, 0.717) is 46.2 Å². The van der Waals surface area contributed by atoms with Gasteiger partial charge in [0.05, 0.1) is 11.1 Å². The molecule has 194 valence electrons. The topological polar surface area (TPSA) is 87.5 Å². The van der Waals surface area contributed by atoms with Crippen LogP contribution in [-0.2, 0) is 4.79 Å². The number of urea groups is 1. The average Bonchev–Trinajstić information content (AvgIpc) is 3.30. The number of nitrogens with one attached hydrogen (secondary N) is 1. The highest BCUT2D eigenvalue weighted by Gasteiger charge is 2.32. The number of aldehydes is 2. The van der Waals surface area contributed by atoms with Crippen molar-refractivity contribution in [2.24, 2.45) is 5.92 Å². The number of nitrogens with zero attached hydrogens (tertiary/aromatic N) is 4. The number of hydrogen-bond donors (Lipinski definition) is 1. The zero-order valence-corrected chi connectivity index (χ0v) is 22.2. The standard InChI is InChI=1S/C27H29Cl2N5O3/c1-18(16-35)32(2)27(37)33(15-19-11-13-30-14-12-19)26-24(17-36)34(21-9-7-20(28)8-10-21)25(31-26)22-5-3-4-6-23(22)29/h3-10,16-19,30H,11-15H2,1-2H3. The van der Waals surface area contributed by atoms with Crippen LogP contribution in [0.2, 0.25) is 10.0 Å². The van der Waals surface area contributed by atoms with Crippen LogP contribution >= 0.6 is 23.2 Å². The Morgan fingerprint density at radius 1 is 1.14 bits per heavy atom. The second-order valence-corrected chi connectivity index (χ2v) is 9.97. The van der Waals surface area contributed by atoms with Gasteiger partial charge in [-0.25, -0.2) is 9.78 Å². The minimum absolute atomic E-state index is 0.201. The number of aromatic nitrogens is 2. The Labute approximate surface area is 226 Å². The molecule has 1 aromatic heterocycles. The number of hydrogen-bond acceptors (Lipinski definition) is 5. The Balaban J connectivity index is 1.93. The molecule has 0 radical (unpaired) electrons. The molecule has 0 saturated carbocycles. The van der Waals surface area contributed by atoms with E-state index >= 15 is 0 Å². The van der Waals surface area contributed by atoms with E-state index in [4.69, 9.17) is 28.2 Å². The first-order valence-electron chi connectivity index (χ1n) is 12.1. The number of carbonyl (C=O) groups excluding carboxylic acids is 3. The van der Waals surface area contributed by atoms with E-state index in [9.17, 15) is 14.4 Å². The monoisotopic (exact) mass is 541 g/mol. The van der Waals surface area contributed by atoms with Gasteiger partial charge < -0.3 is 15.0 Å². The molecule has 1 aliphatic rings. The summed E-state index contributed by atoms with van der Waals surface area (Å²) in [4.78, 5) is 45.6. The largest absolute Gasteiger partial charge is 0.326 e. The maximum atomic E-state index is 13.8. The van der Waals surface area contributed by atoms with Crippen molar-refractivity contribution < 1.29 is 14.4 Å². The Kier molecular flexibility index (Phi) is 8.63. The number of likely N-dealkylation sites (N-methyl/N-ethyl adjacent to an activating group) is 1. The zero-order valence-electron chi connectivity index (χ0n) is 20.7. The van der Waals surface area contributed by atoms with Gasteiger partial charge in [-0.1, -0.05) is 35.3 Å².